The monoisotopic (exact) mass is 199 g/mol. The quantitative estimate of drug-likeness (QED) is 0.513. The Morgan fingerprint density at radius 3 is 3.15 bits per heavy atom. The number of thioether (sulfide) groups is 1. The van der Waals surface area contributed by atoms with E-state index in [1.54, 1.807) is 7.05 Å². The zero-order valence-corrected chi connectivity index (χ0v) is 7.85. The molecule has 0 spiro atoms. The number of rotatable bonds is 3. The minimum atomic E-state index is -0.214. The Morgan fingerprint density at radius 2 is 2.54 bits per heavy atom. The first-order chi connectivity index (χ1) is 6.22. The van der Waals surface area contributed by atoms with E-state index in [0.717, 1.165) is 0 Å². The van der Waals surface area contributed by atoms with Crippen LogP contribution < -0.4 is 10.9 Å². The molecular formula is C7H9N3O2S. The molecule has 0 radical (unpaired) electrons. The summed E-state index contributed by atoms with van der Waals surface area (Å²) in [6, 6.07) is 1.32. The van der Waals surface area contributed by atoms with Crippen molar-refractivity contribution in [3.63, 3.8) is 0 Å². The average Bonchev–Trinajstić information content (AvgIpc) is 2.14. The van der Waals surface area contributed by atoms with Gasteiger partial charge in [0.05, 0.1) is 5.75 Å². The van der Waals surface area contributed by atoms with E-state index in [1.165, 1.54) is 24.0 Å². The predicted octanol–water partition coefficient (Wildman–Crippen LogP) is -0.392. The first-order valence-electron chi connectivity index (χ1n) is 3.61. The molecule has 1 heterocycles. The van der Waals surface area contributed by atoms with Crippen molar-refractivity contribution in [2.24, 2.45) is 0 Å². The smallest absolute Gasteiger partial charge is 0.251 e. The van der Waals surface area contributed by atoms with Crippen molar-refractivity contribution in [3.05, 3.63) is 22.6 Å². The highest BCUT2D eigenvalue weighted by molar-refractivity contribution is 7.99. The van der Waals surface area contributed by atoms with Gasteiger partial charge in [0, 0.05) is 19.3 Å². The second-order valence-electron chi connectivity index (χ2n) is 2.20. The van der Waals surface area contributed by atoms with Crippen LogP contribution in [0.5, 0.6) is 0 Å². The molecule has 0 aliphatic heterocycles. The molecule has 0 saturated carbocycles. The molecule has 1 rings (SSSR count). The third kappa shape index (κ3) is 3.29. The van der Waals surface area contributed by atoms with E-state index < -0.39 is 0 Å². The SMILES string of the molecule is CNC(=O)CSc1nccc(=O)[nH]1. The Bertz CT molecular complexity index is 350. The molecule has 1 aromatic rings. The van der Waals surface area contributed by atoms with Gasteiger partial charge in [0.25, 0.3) is 5.56 Å². The van der Waals surface area contributed by atoms with Crippen LogP contribution in [0.1, 0.15) is 0 Å². The summed E-state index contributed by atoms with van der Waals surface area (Å²) in [6.45, 7) is 0. The summed E-state index contributed by atoms with van der Waals surface area (Å²) in [7, 11) is 1.56. The number of nitrogens with zero attached hydrogens (tertiary/aromatic N) is 1. The van der Waals surface area contributed by atoms with Crippen LogP contribution in [0.4, 0.5) is 0 Å². The fraction of sp³-hybridized carbons (Fsp3) is 0.286. The molecule has 2 N–H and O–H groups in total. The van der Waals surface area contributed by atoms with E-state index in [4.69, 9.17) is 0 Å². The number of hydrogen-bond donors (Lipinski definition) is 2. The largest absolute Gasteiger partial charge is 0.358 e. The van der Waals surface area contributed by atoms with E-state index in [9.17, 15) is 9.59 Å². The van der Waals surface area contributed by atoms with Crippen LogP contribution >= 0.6 is 11.8 Å². The van der Waals surface area contributed by atoms with Gasteiger partial charge >= 0.3 is 0 Å². The zero-order valence-electron chi connectivity index (χ0n) is 7.03. The Labute approximate surface area is 79.0 Å². The van der Waals surface area contributed by atoms with Gasteiger partial charge < -0.3 is 10.3 Å². The van der Waals surface area contributed by atoms with E-state index in [2.05, 4.69) is 15.3 Å². The average molecular weight is 199 g/mol. The summed E-state index contributed by atoms with van der Waals surface area (Å²) in [4.78, 5) is 28.0. The molecular weight excluding hydrogens is 190 g/mol. The maximum Gasteiger partial charge on any atom is 0.251 e. The molecule has 0 fully saturated rings. The molecule has 13 heavy (non-hydrogen) atoms. The summed E-state index contributed by atoms with van der Waals surface area (Å²) >= 11 is 1.19. The number of H-pyrrole nitrogens is 1. The van der Waals surface area contributed by atoms with Gasteiger partial charge in [-0.25, -0.2) is 4.98 Å². The van der Waals surface area contributed by atoms with Crippen LogP contribution in [0.15, 0.2) is 22.2 Å². The van der Waals surface area contributed by atoms with E-state index in [0.29, 0.717) is 5.16 Å². The van der Waals surface area contributed by atoms with Crippen LogP contribution in [0.25, 0.3) is 0 Å². The number of amides is 1. The van der Waals surface area contributed by atoms with E-state index >= 15 is 0 Å². The summed E-state index contributed by atoms with van der Waals surface area (Å²) in [5.74, 6) is 0.153. The number of aromatic amines is 1. The molecule has 70 valence electrons. The predicted molar refractivity (Wildman–Crippen MR) is 49.6 cm³/mol. The number of carbonyl (C=O) groups excluding carboxylic acids is 1. The third-order valence-electron chi connectivity index (χ3n) is 1.27. The maximum absolute atomic E-state index is 10.8. The summed E-state index contributed by atoms with van der Waals surface area (Å²) in [6.07, 6.45) is 1.41. The molecule has 1 aromatic heterocycles. The number of aromatic nitrogens is 2. The summed E-state index contributed by atoms with van der Waals surface area (Å²) in [5.41, 5.74) is -0.214. The molecule has 0 saturated heterocycles. The molecule has 0 unspecified atom stereocenters. The summed E-state index contributed by atoms with van der Waals surface area (Å²) in [5, 5.41) is 2.92. The van der Waals surface area contributed by atoms with Gasteiger partial charge in [-0.05, 0) is 0 Å². The Morgan fingerprint density at radius 1 is 1.77 bits per heavy atom. The first-order valence-corrected chi connectivity index (χ1v) is 4.59. The van der Waals surface area contributed by atoms with E-state index in [1.807, 2.05) is 0 Å². The lowest BCUT2D eigenvalue weighted by Gasteiger charge is -1.98. The highest BCUT2D eigenvalue weighted by atomic mass is 32.2. The van der Waals surface area contributed by atoms with Gasteiger partial charge in [-0.1, -0.05) is 11.8 Å². The third-order valence-corrected chi connectivity index (χ3v) is 2.15. The van der Waals surface area contributed by atoms with Crippen molar-refractivity contribution in [1.29, 1.82) is 0 Å². The van der Waals surface area contributed by atoms with Crippen molar-refractivity contribution in [1.82, 2.24) is 15.3 Å². The molecule has 6 heteroatoms. The van der Waals surface area contributed by atoms with Gasteiger partial charge in [-0.15, -0.1) is 0 Å². The van der Waals surface area contributed by atoms with Gasteiger partial charge in [-0.2, -0.15) is 0 Å². The van der Waals surface area contributed by atoms with Crippen molar-refractivity contribution in [3.8, 4) is 0 Å². The molecule has 0 atom stereocenters. The standard InChI is InChI=1S/C7H9N3O2S/c1-8-6(12)4-13-7-9-3-2-5(11)10-7/h2-3H,4H2,1H3,(H,8,12)(H,9,10,11). The molecule has 0 aromatic carbocycles. The highest BCUT2D eigenvalue weighted by Crippen LogP contribution is 2.08. The van der Waals surface area contributed by atoms with Crippen molar-refractivity contribution in [2.75, 3.05) is 12.8 Å². The number of hydrogen-bond acceptors (Lipinski definition) is 4. The Hall–Kier alpha value is -1.30. The van der Waals surface area contributed by atoms with Gasteiger partial charge in [-0.3, -0.25) is 9.59 Å². The van der Waals surface area contributed by atoms with Crippen LogP contribution in [0.3, 0.4) is 0 Å². The first kappa shape index (κ1) is 9.79. The van der Waals surface area contributed by atoms with Crippen LogP contribution in [-0.4, -0.2) is 28.7 Å². The maximum atomic E-state index is 10.8. The van der Waals surface area contributed by atoms with E-state index in [-0.39, 0.29) is 17.2 Å². The molecule has 5 nitrogen and oxygen atoms in total. The zero-order chi connectivity index (χ0) is 9.68. The van der Waals surface area contributed by atoms with Crippen molar-refractivity contribution >= 4 is 17.7 Å². The van der Waals surface area contributed by atoms with Gasteiger partial charge in [0.15, 0.2) is 5.16 Å². The Kier molecular flexibility index (Phi) is 3.51. The van der Waals surface area contributed by atoms with Crippen LogP contribution in [0, 0.1) is 0 Å². The van der Waals surface area contributed by atoms with Crippen LogP contribution in [-0.2, 0) is 4.79 Å². The minimum absolute atomic E-state index is 0.100. The van der Waals surface area contributed by atoms with Gasteiger partial charge in [0.2, 0.25) is 5.91 Å². The lowest BCUT2D eigenvalue weighted by Crippen LogP contribution is -2.20. The normalized spacial score (nSPS) is 9.62. The van der Waals surface area contributed by atoms with Gasteiger partial charge in [0.1, 0.15) is 0 Å². The molecule has 0 aliphatic rings. The van der Waals surface area contributed by atoms with Crippen LogP contribution in [0.2, 0.25) is 0 Å². The molecule has 0 aliphatic carbocycles. The van der Waals surface area contributed by atoms with Crippen molar-refractivity contribution < 1.29 is 4.79 Å². The fourth-order valence-electron chi connectivity index (χ4n) is 0.631. The lowest BCUT2D eigenvalue weighted by molar-refractivity contribution is -0.118. The highest BCUT2D eigenvalue weighted by Gasteiger charge is 2.00. The number of carbonyl (C=O) groups is 1. The topological polar surface area (TPSA) is 74.8 Å². The van der Waals surface area contributed by atoms with Crippen molar-refractivity contribution in [2.45, 2.75) is 5.16 Å². The molecule has 0 bridgehead atoms. The summed E-state index contributed by atoms with van der Waals surface area (Å²) < 4.78 is 0. The molecule has 1 amide bonds. The lowest BCUT2D eigenvalue weighted by atomic mass is 10.7. The minimum Gasteiger partial charge on any atom is -0.358 e. The second-order valence-corrected chi connectivity index (χ2v) is 3.17. The number of nitrogens with one attached hydrogen (secondary N) is 2. The second kappa shape index (κ2) is 4.66. The Balaban J connectivity index is 2.55. The fourth-order valence-corrected chi connectivity index (χ4v) is 1.35.